The maximum absolute atomic E-state index is 12.7. The summed E-state index contributed by atoms with van der Waals surface area (Å²) in [5.41, 5.74) is 0. The molecular formula is C12H14BrF3N2. The molecule has 1 N–H and O–H groups in total. The van der Waals surface area contributed by atoms with Gasteiger partial charge in [0.1, 0.15) is 5.82 Å². The highest BCUT2D eigenvalue weighted by Gasteiger charge is 2.42. The molecule has 1 aromatic heterocycles. The van der Waals surface area contributed by atoms with Crippen molar-refractivity contribution in [1.29, 1.82) is 0 Å². The topological polar surface area (TPSA) is 24.9 Å². The van der Waals surface area contributed by atoms with E-state index in [1.165, 1.54) is 0 Å². The molecule has 100 valence electrons. The number of nitrogens with zero attached hydrogens (tertiary/aromatic N) is 1. The number of nitrogens with one attached hydrogen (secondary N) is 1. The minimum Gasteiger partial charge on any atom is -0.367 e. The number of anilines is 1. The van der Waals surface area contributed by atoms with Crippen LogP contribution < -0.4 is 5.32 Å². The third-order valence-corrected chi connectivity index (χ3v) is 3.69. The lowest BCUT2D eigenvalue weighted by Gasteiger charge is -2.31. The van der Waals surface area contributed by atoms with Crippen molar-refractivity contribution in [2.75, 3.05) is 5.32 Å². The largest absolute Gasteiger partial charge is 0.391 e. The van der Waals surface area contributed by atoms with Crippen molar-refractivity contribution in [2.45, 2.75) is 37.9 Å². The molecule has 2 atom stereocenters. The van der Waals surface area contributed by atoms with E-state index in [0.29, 0.717) is 12.2 Å². The number of hydrogen-bond donors (Lipinski definition) is 1. The van der Waals surface area contributed by atoms with Gasteiger partial charge in [0.05, 0.1) is 5.92 Å². The van der Waals surface area contributed by atoms with Gasteiger partial charge in [-0.3, -0.25) is 0 Å². The third kappa shape index (κ3) is 3.60. The summed E-state index contributed by atoms with van der Waals surface area (Å²) in [4.78, 5) is 4.12. The predicted molar refractivity (Wildman–Crippen MR) is 67.4 cm³/mol. The van der Waals surface area contributed by atoms with Gasteiger partial charge < -0.3 is 5.32 Å². The van der Waals surface area contributed by atoms with Crippen molar-refractivity contribution < 1.29 is 13.2 Å². The summed E-state index contributed by atoms with van der Waals surface area (Å²) in [7, 11) is 0. The smallest absolute Gasteiger partial charge is 0.367 e. The van der Waals surface area contributed by atoms with E-state index < -0.39 is 12.1 Å². The van der Waals surface area contributed by atoms with Crippen LogP contribution in [-0.4, -0.2) is 17.2 Å². The van der Waals surface area contributed by atoms with Gasteiger partial charge in [0, 0.05) is 16.7 Å². The van der Waals surface area contributed by atoms with Crippen LogP contribution in [0.4, 0.5) is 19.0 Å². The molecule has 0 aliphatic heterocycles. The van der Waals surface area contributed by atoms with Crippen molar-refractivity contribution in [3.8, 4) is 0 Å². The lowest BCUT2D eigenvalue weighted by molar-refractivity contribution is -0.182. The van der Waals surface area contributed by atoms with Crippen LogP contribution >= 0.6 is 15.9 Å². The maximum Gasteiger partial charge on any atom is 0.391 e. The zero-order chi connectivity index (χ0) is 13.2. The number of hydrogen-bond acceptors (Lipinski definition) is 2. The van der Waals surface area contributed by atoms with Gasteiger partial charge in [-0.15, -0.1) is 0 Å². The molecule has 18 heavy (non-hydrogen) atoms. The Bertz CT molecular complexity index is 391. The fraction of sp³-hybridized carbons (Fsp3) is 0.583. The lowest BCUT2D eigenvalue weighted by Crippen LogP contribution is -2.34. The van der Waals surface area contributed by atoms with Crippen molar-refractivity contribution >= 4 is 21.7 Å². The Morgan fingerprint density at radius 3 is 2.67 bits per heavy atom. The van der Waals surface area contributed by atoms with E-state index in [4.69, 9.17) is 0 Å². The molecule has 2 nitrogen and oxygen atoms in total. The molecule has 0 aromatic carbocycles. The Hall–Kier alpha value is -0.780. The van der Waals surface area contributed by atoms with E-state index in [2.05, 4.69) is 26.2 Å². The number of halogens is 4. The molecule has 0 spiro atoms. The predicted octanol–water partition coefficient (Wildman–Crippen LogP) is 4.38. The Morgan fingerprint density at radius 2 is 2.06 bits per heavy atom. The average Bonchev–Trinajstić information content (AvgIpc) is 2.31. The number of alkyl halides is 3. The summed E-state index contributed by atoms with van der Waals surface area (Å²) < 4.78 is 38.8. The summed E-state index contributed by atoms with van der Waals surface area (Å²) in [5.74, 6) is -0.551. The van der Waals surface area contributed by atoms with Gasteiger partial charge in [-0.05, 0) is 47.3 Å². The molecule has 1 fully saturated rings. The first-order valence-electron chi connectivity index (χ1n) is 5.90. The first-order valence-corrected chi connectivity index (χ1v) is 6.69. The van der Waals surface area contributed by atoms with Crippen LogP contribution in [0.1, 0.15) is 25.7 Å². The van der Waals surface area contributed by atoms with E-state index in [9.17, 15) is 13.2 Å². The van der Waals surface area contributed by atoms with E-state index in [1.54, 1.807) is 12.3 Å². The van der Waals surface area contributed by atoms with Gasteiger partial charge in [-0.1, -0.05) is 6.42 Å². The minimum atomic E-state index is -4.08. The van der Waals surface area contributed by atoms with Gasteiger partial charge in [-0.25, -0.2) is 4.98 Å². The van der Waals surface area contributed by atoms with Gasteiger partial charge in [0.15, 0.2) is 0 Å². The highest BCUT2D eigenvalue weighted by Crippen LogP contribution is 2.38. The van der Waals surface area contributed by atoms with Crippen LogP contribution in [0.25, 0.3) is 0 Å². The van der Waals surface area contributed by atoms with E-state index in [0.717, 1.165) is 10.9 Å². The fourth-order valence-electron chi connectivity index (χ4n) is 2.29. The molecule has 1 aliphatic rings. The molecule has 2 rings (SSSR count). The van der Waals surface area contributed by atoms with Crippen molar-refractivity contribution in [3.05, 3.63) is 22.8 Å². The van der Waals surface area contributed by atoms with Crippen molar-refractivity contribution in [1.82, 2.24) is 4.98 Å². The number of pyridine rings is 1. The maximum atomic E-state index is 12.7. The van der Waals surface area contributed by atoms with Crippen molar-refractivity contribution in [2.24, 2.45) is 5.92 Å². The first-order chi connectivity index (χ1) is 8.45. The van der Waals surface area contributed by atoms with Crippen LogP contribution in [0.2, 0.25) is 0 Å². The highest BCUT2D eigenvalue weighted by atomic mass is 79.9. The molecule has 1 heterocycles. The standard InChI is InChI=1S/C12H14BrF3N2/c13-9-4-5-11(17-7-9)18-10-3-1-2-8(6-10)12(14,15)16/h4-5,7-8,10H,1-3,6H2,(H,17,18). The monoisotopic (exact) mass is 322 g/mol. The second-order valence-electron chi connectivity index (χ2n) is 4.61. The average molecular weight is 323 g/mol. The molecule has 0 amide bonds. The van der Waals surface area contributed by atoms with Crippen LogP contribution in [0, 0.1) is 5.92 Å². The molecule has 6 heteroatoms. The number of rotatable bonds is 2. The Balaban J connectivity index is 1.95. The molecule has 0 bridgehead atoms. The molecule has 1 saturated carbocycles. The summed E-state index contributed by atoms with van der Waals surface area (Å²) in [6.07, 6.45) is -0.681. The van der Waals surface area contributed by atoms with Crippen LogP contribution in [0.3, 0.4) is 0 Å². The Labute approximate surface area is 112 Å². The summed E-state index contributed by atoms with van der Waals surface area (Å²) in [5, 5.41) is 3.08. The molecular weight excluding hydrogens is 309 g/mol. The molecule has 0 saturated heterocycles. The second kappa shape index (κ2) is 5.47. The second-order valence-corrected chi connectivity index (χ2v) is 5.52. The van der Waals surface area contributed by atoms with E-state index in [-0.39, 0.29) is 18.9 Å². The van der Waals surface area contributed by atoms with E-state index >= 15 is 0 Å². The quantitative estimate of drug-likeness (QED) is 0.874. The lowest BCUT2D eigenvalue weighted by atomic mass is 9.85. The summed E-state index contributed by atoms with van der Waals surface area (Å²) >= 11 is 3.27. The van der Waals surface area contributed by atoms with Crippen LogP contribution in [0.15, 0.2) is 22.8 Å². The fourth-order valence-corrected chi connectivity index (χ4v) is 2.52. The van der Waals surface area contributed by atoms with Gasteiger partial charge in [0.2, 0.25) is 0 Å². The number of aromatic nitrogens is 1. The summed E-state index contributed by atoms with van der Waals surface area (Å²) in [6, 6.07) is 3.44. The van der Waals surface area contributed by atoms with E-state index in [1.807, 2.05) is 6.07 Å². The highest BCUT2D eigenvalue weighted by molar-refractivity contribution is 9.10. The summed E-state index contributed by atoms with van der Waals surface area (Å²) in [6.45, 7) is 0. The van der Waals surface area contributed by atoms with Gasteiger partial charge in [0.25, 0.3) is 0 Å². The Morgan fingerprint density at radius 1 is 1.28 bits per heavy atom. The molecule has 2 unspecified atom stereocenters. The Kier molecular flexibility index (Phi) is 4.14. The molecule has 1 aliphatic carbocycles. The third-order valence-electron chi connectivity index (χ3n) is 3.22. The SMILES string of the molecule is FC(F)(F)C1CCCC(Nc2ccc(Br)cn2)C1. The molecule has 1 aromatic rings. The normalized spacial score (nSPS) is 24.9. The zero-order valence-electron chi connectivity index (χ0n) is 9.67. The van der Waals surface area contributed by atoms with Crippen molar-refractivity contribution in [3.63, 3.8) is 0 Å². The van der Waals surface area contributed by atoms with Gasteiger partial charge in [-0.2, -0.15) is 13.2 Å². The first kappa shape index (κ1) is 13.6. The molecule has 0 radical (unpaired) electrons. The zero-order valence-corrected chi connectivity index (χ0v) is 11.3. The van der Waals surface area contributed by atoms with Crippen LogP contribution in [0.5, 0.6) is 0 Å². The minimum absolute atomic E-state index is 0.140. The van der Waals surface area contributed by atoms with Crippen LogP contribution in [-0.2, 0) is 0 Å². The van der Waals surface area contributed by atoms with Gasteiger partial charge >= 0.3 is 6.18 Å².